The number of hydrogen-bond donors (Lipinski definition) is 3. The topological polar surface area (TPSA) is 96.3 Å². The average Bonchev–Trinajstić information content (AvgIpc) is 3.03. The number of nitrogens with one attached hydrogen (secondary N) is 2. The first-order chi connectivity index (χ1) is 11.7. The standard InChI is InChI=1S/C17H29N5O2.2ClH/c18-14-2-1-13(11-22(12-14)16-5-9-24-10-6-16)17(23)19-7-3-15-4-8-20-21-15;;/h4,8,13-14,16H,1-3,5-7,9-12,18H2,(H,19,23)(H,20,21);2*1H/t13-,14+;;/m1../s1. The zero-order valence-corrected chi connectivity index (χ0v) is 16.7. The van der Waals surface area contributed by atoms with Crippen molar-refractivity contribution in [3.05, 3.63) is 18.0 Å². The number of halogens is 2. The van der Waals surface area contributed by atoms with Crippen molar-refractivity contribution in [3.8, 4) is 0 Å². The maximum Gasteiger partial charge on any atom is 0.224 e. The summed E-state index contributed by atoms with van der Waals surface area (Å²) >= 11 is 0. The molecule has 2 fully saturated rings. The fraction of sp³-hybridized carbons (Fsp3) is 0.765. The van der Waals surface area contributed by atoms with Crippen molar-refractivity contribution in [1.82, 2.24) is 20.4 Å². The van der Waals surface area contributed by atoms with E-state index in [4.69, 9.17) is 10.5 Å². The first kappa shape index (κ1) is 23.2. The Balaban J connectivity index is 0.00000169. The molecule has 0 aliphatic carbocycles. The van der Waals surface area contributed by atoms with E-state index < -0.39 is 0 Å². The fourth-order valence-corrected chi connectivity index (χ4v) is 3.71. The number of nitrogens with zero attached hydrogens (tertiary/aromatic N) is 2. The molecule has 7 nitrogen and oxygen atoms in total. The van der Waals surface area contributed by atoms with E-state index in [1.165, 1.54) is 0 Å². The molecule has 2 aliphatic rings. The Hall–Kier alpha value is -0.860. The summed E-state index contributed by atoms with van der Waals surface area (Å²) in [5, 5.41) is 9.92. The zero-order chi connectivity index (χ0) is 16.8. The maximum absolute atomic E-state index is 12.6. The van der Waals surface area contributed by atoms with Crippen LogP contribution in [0.1, 0.15) is 31.4 Å². The Morgan fingerprint density at radius 3 is 2.73 bits per heavy atom. The normalized spacial score (nSPS) is 24.8. The molecule has 2 atom stereocenters. The van der Waals surface area contributed by atoms with Gasteiger partial charge in [0, 0.05) is 63.2 Å². The second-order valence-corrected chi connectivity index (χ2v) is 6.95. The Bertz CT molecular complexity index is 511. The van der Waals surface area contributed by atoms with Gasteiger partial charge in [-0.05, 0) is 31.7 Å². The van der Waals surface area contributed by atoms with Gasteiger partial charge in [-0.25, -0.2) is 0 Å². The number of carbonyl (C=O) groups excluding carboxylic acids is 1. The van der Waals surface area contributed by atoms with Crippen molar-refractivity contribution in [2.24, 2.45) is 11.7 Å². The van der Waals surface area contributed by atoms with Gasteiger partial charge >= 0.3 is 0 Å². The summed E-state index contributed by atoms with van der Waals surface area (Å²) in [6, 6.07) is 2.60. The van der Waals surface area contributed by atoms with Crippen LogP contribution < -0.4 is 11.1 Å². The lowest BCUT2D eigenvalue weighted by Gasteiger charge is -2.35. The number of likely N-dealkylation sites (tertiary alicyclic amines) is 1. The third-order valence-electron chi connectivity index (χ3n) is 5.14. The molecule has 4 N–H and O–H groups in total. The molecule has 0 aromatic carbocycles. The average molecular weight is 408 g/mol. The van der Waals surface area contributed by atoms with Gasteiger partial charge in [-0.2, -0.15) is 5.10 Å². The summed E-state index contributed by atoms with van der Waals surface area (Å²) in [7, 11) is 0. The van der Waals surface area contributed by atoms with Gasteiger partial charge < -0.3 is 15.8 Å². The lowest BCUT2D eigenvalue weighted by Crippen LogP contribution is -2.47. The number of amides is 1. The molecule has 0 bridgehead atoms. The first-order valence-electron chi connectivity index (χ1n) is 9.05. The summed E-state index contributed by atoms with van der Waals surface area (Å²) in [5.41, 5.74) is 7.29. The summed E-state index contributed by atoms with van der Waals surface area (Å²) in [4.78, 5) is 15.0. The molecule has 9 heteroatoms. The van der Waals surface area contributed by atoms with Crippen molar-refractivity contribution in [3.63, 3.8) is 0 Å². The minimum Gasteiger partial charge on any atom is -0.381 e. The molecule has 0 unspecified atom stereocenters. The molecule has 1 aromatic rings. The fourth-order valence-electron chi connectivity index (χ4n) is 3.71. The van der Waals surface area contributed by atoms with Gasteiger partial charge in [0.05, 0.1) is 5.92 Å². The van der Waals surface area contributed by atoms with Crippen LogP contribution in [0, 0.1) is 5.92 Å². The van der Waals surface area contributed by atoms with Gasteiger partial charge in [0.1, 0.15) is 0 Å². The van der Waals surface area contributed by atoms with E-state index in [0.717, 1.165) is 64.1 Å². The number of hydrogen-bond acceptors (Lipinski definition) is 5. The Morgan fingerprint density at radius 2 is 2.04 bits per heavy atom. The Labute approximate surface area is 167 Å². The monoisotopic (exact) mass is 407 g/mol. The molecule has 3 heterocycles. The molecule has 2 aliphatic heterocycles. The van der Waals surface area contributed by atoms with Gasteiger partial charge in [0.15, 0.2) is 0 Å². The predicted molar refractivity (Wildman–Crippen MR) is 106 cm³/mol. The van der Waals surface area contributed by atoms with Crippen LogP contribution in [0.25, 0.3) is 0 Å². The molecular formula is C17H31Cl2N5O2. The molecule has 0 saturated carbocycles. The van der Waals surface area contributed by atoms with Crippen LogP contribution in [0.5, 0.6) is 0 Å². The van der Waals surface area contributed by atoms with Crippen molar-refractivity contribution in [2.45, 2.75) is 44.2 Å². The summed E-state index contributed by atoms with van der Waals surface area (Å²) < 4.78 is 5.47. The van der Waals surface area contributed by atoms with Crippen LogP contribution >= 0.6 is 24.8 Å². The number of ether oxygens (including phenoxy) is 1. The number of rotatable bonds is 5. The van der Waals surface area contributed by atoms with E-state index in [-0.39, 0.29) is 42.7 Å². The molecule has 2 saturated heterocycles. The van der Waals surface area contributed by atoms with Crippen LogP contribution in [0.4, 0.5) is 0 Å². The molecule has 26 heavy (non-hydrogen) atoms. The molecule has 1 aromatic heterocycles. The van der Waals surface area contributed by atoms with Crippen molar-refractivity contribution >= 4 is 30.7 Å². The number of H-pyrrole nitrogens is 1. The van der Waals surface area contributed by atoms with Crippen LogP contribution in [-0.4, -0.2) is 65.9 Å². The van der Waals surface area contributed by atoms with Gasteiger partial charge in [-0.3, -0.25) is 14.8 Å². The summed E-state index contributed by atoms with van der Waals surface area (Å²) in [6.07, 6.45) is 6.38. The second-order valence-electron chi connectivity index (χ2n) is 6.95. The van der Waals surface area contributed by atoms with Gasteiger partial charge in [0.25, 0.3) is 0 Å². The van der Waals surface area contributed by atoms with Crippen LogP contribution in [0.15, 0.2) is 12.3 Å². The van der Waals surface area contributed by atoms with E-state index >= 15 is 0 Å². The predicted octanol–water partition coefficient (Wildman–Crippen LogP) is 1.13. The summed E-state index contributed by atoms with van der Waals surface area (Å²) in [6.45, 7) is 3.98. The highest BCUT2D eigenvalue weighted by Crippen LogP contribution is 2.22. The van der Waals surface area contributed by atoms with Crippen molar-refractivity contribution in [2.75, 3.05) is 32.8 Å². The number of carbonyl (C=O) groups is 1. The van der Waals surface area contributed by atoms with Crippen molar-refractivity contribution in [1.29, 1.82) is 0 Å². The highest BCUT2D eigenvalue weighted by atomic mass is 35.5. The Morgan fingerprint density at radius 1 is 1.27 bits per heavy atom. The lowest BCUT2D eigenvalue weighted by molar-refractivity contribution is -0.125. The zero-order valence-electron chi connectivity index (χ0n) is 15.1. The molecule has 0 radical (unpaired) electrons. The minimum atomic E-state index is 0. The quantitative estimate of drug-likeness (QED) is 0.679. The van der Waals surface area contributed by atoms with Crippen molar-refractivity contribution < 1.29 is 9.53 Å². The van der Waals surface area contributed by atoms with Crippen LogP contribution in [0.2, 0.25) is 0 Å². The molecular weight excluding hydrogens is 377 g/mol. The van der Waals surface area contributed by atoms with Gasteiger partial charge in [-0.15, -0.1) is 24.8 Å². The van der Waals surface area contributed by atoms with Crippen LogP contribution in [-0.2, 0) is 16.0 Å². The first-order valence-corrected chi connectivity index (χ1v) is 9.05. The second kappa shape index (κ2) is 11.8. The number of aromatic nitrogens is 2. The lowest BCUT2D eigenvalue weighted by atomic mass is 10.0. The third-order valence-corrected chi connectivity index (χ3v) is 5.14. The maximum atomic E-state index is 12.6. The van der Waals surface area contributed by atoms with E-state index in [0.29, 0.717) is 12.6 Å². The highest BCUT2D eigenvalue weighted by Gasteiger charge is 2.31. The summed E-state index contributed by atoms with van der Waals surface area (Å²) in [5.74, 6) is 0.184. The van der Waals surface area contributed by atoms with E-state index in [1.807, 2.05) is 6.07 Å². The van der Waals surface area contributed by atoms with Crippen LogP contribution in [0.3, 0.4) is 0 Å². The third kappa shape index (κ3) is 6.70. The largest absolute Gasteiger partial charge is 0.381 e. The van der Waals surface area contributed by atoms with E-state index in [9.17, 15) is 4.79 Å². The number of aromatic amines is 1. The van der Waals surface area contributed by atoms with E-state index in [1.54, 1.807) is 6.20 Å². The number of nitrogens with two attached hydrogens (primary N) is 1. The molecule has 3 rings (SSSR count). The molecule has 0 spiro atoms. The van der Waals surface area contributed by atoms with E-state index in [2.05, 4.69) is 20.4 Å². The molecule has 1 amide bonds. The molecule has 150 valence electrons. The smallest absolute Gasteiger partial charge is 0.224 e. The highest BCUT2D eigenvalue weighted by molar-refractivity contribution is 5.85. The van der Waals surface area contributed by atoms with Gasteiger partial charge in [-0.1, -0.05) is 0 Å². The minimum absolute atomic E-state index is 0. The van der Waals surface area contributed by atoms with Gasteiger partial charge in [0.2, 0.25) is 5.91 Å². The Kier molecular flexibility index (Phi) is 10.5. The SMILES string of the molecule is Cl.Cl.N[C@H]1CC[C@@H](C(=O)NCCc2ccn[nH]2)CN(C2CCOCC2)C1.